The van der Waals surface area contributed by atoms with Crippen LogP contribution in [0.4, 0.5) is 0 Å². The second kappa shape index (κ2) is 4.90. The van der Waals surface area contributed by atoms with Gasteiger partial charge in [-0.3, -0.25) is 0 Å². The number of carboxylic acid groups (broad SMARTS) is 1. The summed E-state index contributed by atoms with van der Waals surface area (Å²) in [4.78, 5) is 15.4. The molecule has 0 aliphatic heterocycles. The third-order valence-electron chi connectivity index (χ3n) is 3.06. The maximum atomic E-state index is 11.0. The molecule has 20 heavy (non-hydrogen) atoms. The SMILES string of the molecule is Cc1cccc(-c2nc3ccc(C(=O)O)cc3o2)c1I. The zero-order valence-electron chi connectivity index (χ0n) is 10.6. The van der Waals surface area contributed by atoms with E-state index >= 15 is 0 Å². The van der Waals surface area contributed by atoms with E-state index in [9.17, 15) is 4.79 Å². The second-order valence-corrected chi connectivity index (χ2v) is 5.52. The average molecular weight is 379 g/mol. The quantitative estimate of drug-likeness (QED) is 0.681. The first-order valence-electron chi connectivity index (χ1n) is 5.95. The van der Waals surface area contributed by atoms with Gasteiger partial charge in [0.1, 0.15) is 5.52 Å². The van der Waals surface area contributed by atoms with Gasteiger partial charge in [0.15, 0.2) is 5.58 Å². The molecule has 0 amide bonds. The Morgan fingerprint density at radius 1 is 1.30 bits per heavy atom. The molecule has 3 rings (SSSR count). The summed E-state index contributed by atoms with van der Waals surface area (Å²) in [5.41, 5.74) is 3.40. The van der Waals surface area contributed by atoms with Gasteiger partial charge in [0.2, 0.25) is 5.89 Å². The molecule has 0 saturated carbocycles. The van der Waals surface area contributed by atoms with Gasteiger partial charge in [-0.15, -0.1) is 0 Å². The van der Waals surface area contributed by atoms with Crippen molar-refractivity contribution in [1.29, 1.82) is 0 Å². The zero-order chi connectivity index (χ0) is 14.3. The molecule has 1 N–H and O–H groups in total. The van der Waals surface area contributed by atoms with Crippen LogP contribution >= 0.6 is 22.6 Å². The van der Waals surface area contributed by atoms with Crippen molar-refractivity contribution in [2.24, 2.45) is 0 Å². The normalized spacial score (nSPS) is 10.9. The zero-order valence-corrected chi connectivity index (χ0v) is 12.7. The summed E-state index contributed by atoms with van der Waals surface area (Å²) in [6, 6.07) is 10.6. The van der Waals surface area contributed by atoms with Crippen LogP contribution in [0.25, 0.3) is 22.6 Å². The summed E-state index contributed by atoms with van der Waals surface area (Å²) in [5.74, 6) is -0.467. The highest BCUT2D eigenvalue weighted by Gasteiger charge is 2.13. The Kier molecular flexibility index (Phi) is 3.21. The fourth-order valence-corrected chi connectivity index (χ4v) is 2.58. The molecule has 0 aliphatic rings. The highest BCUT2D eigenvalue weighted by Crippen LogP contribution is 2.29. The van der Waals surface area contributed by atoms with Crippen LogP contribution in [0.15, 0.2) is 40.8 Å². The lowest BCUT2D eigenvalue weighted by Crippen LogP contribution is -1.94. The minimum atomic E-state index is -0.977. The van der Waals surface area contributed by atoms with Crippen molar-refractivity contribution in [2.45, 2.75) is 6.92 Å². The number of rotatable bonds is 2. The summed E-state index contributed by atoms with van der Waals surface area (Å²) in [6.07, 6.45) is 0. The molecule has 0 fully saturated rings. The van der Waals surface area contributed by atoms with E-state index in [1.54, 1.807) is 6.07 Å². The van der Waals surface area contributed by atoms with Crippen LogP contribution in [0.3, 0.4) is 0 Å². The van der Waals surface area contributed by atoms with Gasteiger partial charge < -0.3 is 9.52 Å². The minimum absolute atomic E-state index is 0.194. The van der Waals surface area contributed by atoms with Crippen LogP contribution in [-0.2, 0) is 0 Å². The second-order valence-electron chi connectivity index (χ2n) is 4.44. The minimum Gasteiger partial charge on any atom is -0.478 e. The Morgan fingerprint density at radius 3 is 2.85 bits per heavy atom. The Morgan fingerprint density at radius 2 is 2.10 bits per heavy atom. The van der Waals surface area contributed by atoms with Gasteiger partial charge in [-0.05, 0) is 59.3 Å². The maximum absolute atomic E-state index is 11.0. The predicted octanol–water partition coefficient (Wildman–Crippen LogP) is 4.11. The van der Waals surface area contributed by atoms with Gasteiger partial charge in [-0.25, -0.2) is 9.78 Å². The number of nitrogens with zero attached hydrogens (tertiary/aromatic N) is 1. The van der Waals surface area contributed by atoms with Crippen LogP contribution in [0.5, 0.6) is 0 Å². The van der Waals surface area contributed by atoms with E-state index in [1.165, 1.54) is 12.1 Å². The molecule has 1 aromatic heterocycles. The number of carbonyl (C=O) groups is 1. The van der Waals surface area contributed by atoms with Gasteiger partial charge in [-0.1, -0.05) is 12.1 Å². The largest absolute Gasteiger partial charge is 0.478 e. The first-order valence-corrected chi connectivity index (χ1v) is 7.03. The summed E-state index contributed by atoms with van der Waals surface area (Å²) in [7, 11) is 0. The lowest BCUT2D eigenvalue weighted by molar-refractivity contribution is 0.0697. The number of aryl methyl sites for hydroxylation is 1. The van der Waals surface area contributed by atoms with Gasteiger partial charge in [0.25, 0.3) is 0 Å². The molecule has 0 spiro atoms. The van der Waals surface area contributed by atoms with Crippen molar-refractivity contribution < 1.29 is 14.3 Å². The van der Waals surface area contributed by atoms with Crippen LogP contribution in [0.1, 0.15) is 15.9 Å². The van der Waals surface area contributed by atoms with Crippen molar-refractivity contribution in [1.82, 2.24) is 4.98 Å². The molecule has 5 heteroatoms. The number of oxazole rings is 1. The summed E-state index contributed by atoms with van der Waals surface area (Å²) < 4.78 is 6.78. The molecule has 0 saturated heterocycles. The Hall–Kier alpha value is -1.89. The fourth-order valence-electron chi connectivity index (χ4n) is 1.99. The topological polar surface area (TPSA) is 63.3 Å². The molecule has 4 nitrogen and oxygen atoms in total. The third-order valence-corrected chi connectivity index (χ3v) is 4.49. The number of hydrogen-bond donors (Lipinski definition) is 1. The Labute approximate surface area is 128 Å². The number of hydrogen-bond acceptors (Lipinski definition) is 3. The smallest absolute Gasteiger partial charge is 0.335 e. The number of aromatic carboxylic acids is 1. The molecule has 3 aromatic rings. The number of carboxylic acids is 1. The number of fused-ring (bicyclic) bond motifs is 1. The Bertz CT molecular complexity index is 823. The molecule has 0 radical (unpaired) electrons. The van der Waals surface area contributed by atoms with Crippen molar-refractivity contribution in [2.75, 3.05) is 0 Å². The summed E-state index contributed by atoms with van der Waals surface area (Å²) in [5, 5.41) is 8.99. The van der Waals surface area contributed by atoms with Crippen molar-refractivity contribution in [3.63, 3.8) is 0 Å². The molecule has 2 aromatic carbocycles. The lowest BCUT2D eigenvalue weighted by atomic mass is 10.1. The first kappa shape index (κ1) is 13.1. The van der Waals surface area contributed by atoms with E-state index in [0.29, 0.717) is 17.0 Å². The van der Waals surface area contributed by atoms with E-state index < -0.39 is 5.97 Å². The summed E-state index contributed by atoms with van der Waals surface area (Å²) in [6.45, 7) is 2.02. The summed E-state index contributed by atoms with van der Waals surface area (Å²) >= 11 is 2.26. The van der Waals surface area contributed by atoms with E-state index in [-0.39, 0.29) is 5.56 Å². The molecular formula is C15H10INO3. The van der Waals surface area contributed by atoms with E-state index in [2.05, 4.69) is 27.6 Å². The molecule has 0 aliphatic carbocycles. The maximum Gasteiger partial charge on any atom is 0.335 e. The third kappa shape index (κ3) is 2.18. The molecular weight excluding hydrogens is 369 g/mol. The molecule has 100 valence electrons. The molecule has 0 atom stereocenters. The van der Waals surface area contributed by atoms with Gasteiger partial charge in [-0.2, -0.15) is 0 Å². The standard InChI is InChI=1S/C15H10INO3/c1-8-3-2-4-10(13(8)16)14-17-11-6-5-9(15(18)19)7-12(11)20-14/h2-7H,1H3,(H,18,19). The van der Waals surface area contributed by atoms with Crippen LogP contribution in [0, 0.1) is 10.5 Å². The van der Waals surface area contributed by atoms with Crippen molar-refractivity contribution in [3.8, 4) is 11.5 Å². The fraction of sp³-hybridized carbons (Fsp3) is 0.0667. The lowest BCUT2D eigenvalue weighted by Gasteiger charge is -2.02. The number of benzene rings is 2. The highest BCUT2D eigenvalue weighted by molar-refractivity contribution is 14.1. The molecule has 0 bridgehead atoms. The van der Waals surface area contributed by atoms with Crippen LogP contribution < -0.4 is 0 Å². The highest BCUT2D eigenvalue weighted by atomic mass is 127. The van der Waals surface area contributed by atoms with E-state index in [1.807, 2.05) is 25.1 Å². The van der Waals surface area contributed by atoms with E-state index in [0.717, 1.165) is 14.7 Å². The van der Waals surface area contributed by atoms with Crippen molar-refractivity contribution >= 4 is 39.7 Å². The first-order chi connectivity index (χ1) is 9.56. The Balaban J connectivity index is 2.18. The predicted molar refractivity (Wildman–Crippen MR) is 83.9 cm³/mol. The van der Waals surface area contributed by atoms with Crippen molar-refractivity contribution in [3.05, 3.63) is 51.1 Å². The van der Waals surface area contributed by atoms with Gasteiger partial charge in [0, 0.05) is 3.57 Å². The number of halogens is 1. The monoisotopic (exact) mass is 379 g/mol. The molecule has 0 unspecified atom stereocenters. The molecule has 1 heterocycles. The van der Waals surface area contributed by atoms with Gasteiger partial charge in [0.05, 0.1) is 11.1 Å². The van der Waals surface area contributed by atoms with E-state index in [4.69, 9.17) is 9.52 Å². The average Bonchev–Trinajstić information content (AvgIpc) is 2.84. The van der Waals surface area contributed by atoms with Crippen LogP contribution in [0.2, 0.25) is 0 Å². The van der Waals surface area contributed by atoms with Crippen LogP contribution in [-0.4, -0.2) is 16.1 Å². The number of aromatic nitrogens is 1. The van der Waals surface area contributed by atoms with Gasteiger partial charge >= 0.3 is 5.97 Å².